The van der Waals surface area contributed by atoms with E-state index in [9.17, 15) is 4.39 Å². The summed E-state index contributed by atoms with van der Waals surface area (Å²) < 4.78 is 18.9. The van der Waals surface area contributed by atoms with Crippen LogP contribution in [0.15, 0.2) is 29.0 Å². The lowest BCUT2D eigenvalue weighted by atomic mass is 10.4. The summed E-state index contributed by atoms with van der Waals surface area (Å²) in [6.45, 7) is 3.07. The lowest BCUT2D eigenvalue weighted by Crippen LogP contribution is -2.20. The van der Waals surface area contributed by atoms with Gasteiger partial charge >= 0.3 is 0 Å². The van der Waals surface area contributed by atoms with E-state index < -0.39 is 5.82 Å². The molecule has 0 saturated heterocycles. The Bertz CT molecular complexity index is 501. The second-order valence-electron chi connectivity index (χ2n) is 3.83. The number of anilines is 2. The van der Waals surface area contributed by atoms with Gasteiger partial charge in [0.1, 0.15) is 5.76 Å². The maximum Gasteiger partial charge on any atom is 0.224 e. The van der Waals surface area contributed by atoms with E-state index in [0.29, 0.717) is 19.0 Å². The van der Waals surface area contributed by atoms with Gasteiger partial charge in [-0.2, -0.15) is 4.98 Å². The molecule has 1 N–H and O–H groups in total. The lowest BCUT2D eigenvalue weighted by molar-refractivity contribution is 0.504. The van der Waals surface area contributed by atoms with Gasteiger partial charge in [-0.05, 0) is 19.1 Å². The normalized spacial score (nSPS) is 10.4. The zero-order valence-electron chi connectivity index (χ0n) is 10.4. The van der Waals surface area contributed by atoms with Crippen LogP contribution in [0.5, 0.6) is 0 Å². The predicted molar refractivity (Wildman–Crippen MR) is 67.0 cm³/mol. The van der Waals surface area contributed by atoms with Gasteiger partial charge in [0.25, 0.3) is 0 Å². The number of furan rings is 1. The van der Waals surface area contributed by atoms with Crippen molar-refractivity contribution >= 4 is 11.8 Å². The molecule has 0 radical (unpaired) electrons. The molecule has 2 aromatic rings. The maximum atomic E-state index is 13.7. The first-order valence-corrected chi connectivity index (χ1v) is 5.70. The van der Waals surface area contributed by atoms with Gasteiger partial charge in [0, 0.05) is 13.6 Å². The third-order valence-corrected chi connectivity index (χ3v) is 2.40. The number of halogens is 1. The quantitative estimate of drug-likeness (QED) is 0.882. The monoisotopic (exact) mass is 250 g/mol. The topological polar surface area (TPSA) is 54.2 Å². The van der Waals surface area contributed by atoms with E-state index in [1.165, 1.54) is 6.20 Å². The summed E-state index contributed by atoms with van der Waals surface area (Å²) in [6, 6.07) is 3.63. The van der Waals surface area contributed by atoms with Crippen molar-refractivity contribution in [1.82, 2.24) is 9.97 Å². The molecule has 0 aromatic carbocycles. The Labute approximate surface area is 105 Å². The van der Waals surface area contributed by atoms with Gasteiger partial charge in [0.05, 0.1) is 19.0 Å². The predicted octanol–water partition coefficient (Wildman–Crippen LogP) is 2.28. The second kappa shape index (κ2) is 5.48. The number of hydrogen-bond donors (Lipinski definition) is 1. The Morgan fingerprint density at radius 3 is 3.00 bits per heavy atom. The highest BCUT2D eigenvalue weighted by Gasteiger charge is 2.12. The minimum absolute atomic E-state index is 0.248. The second-order valence-corrected chi connectivity index (χ2v) is 3.83. The third-order valence-electron chi connectivity index (χ3n) is 2.40. The minimum atomic E-state index is -0.453. The van der Waals surface area contributed by atoms with Crippen molar-refractivity contribution < 1.29 is 8.81 Å². The third kappa shape index (κ3) is 2.77. The first-order chi connectivity index (χ1) is 8.70. The summed E-state index contributed by atoms with van der Waals surface area (Å²) in [5, 5.41) is 2.95. The zero-order chi connectivity index (χ0) is 13.0. The summed E-state index contributed by atoms with van der Waals surface area (Å²) in [4.78, 5) is 9.67. The molecule has 0 saturated carbocycles. The molecule has 6 heteroatoms. The molecule has 0 unspecified atom stereocenters. The van der Waals surface area contributed by atoms with Crippen molar-refractivity contribution in [3.8, 4) is 0 Å². The molecule has 96 valence electrons. The van der Waals surface area contributed by atoms with Crippen LogP contribution in [-0.4, -0.2) is 23.6 Å². The van der Waals surface area contributed by atoms with Gasteiger partial charge in [-0.3, -0.25) is 0 Å². The Morgan fingerprint density at radius 1 is 1.50 bits per heavy atom. The molecule has 2 rings (SSSR count). The van der Waals surface area contributed by atoms with E-state index in [4.69, 9.17) is 4.42 Å². The molecule has 0 bridgehead atoms. The first kappa shape index (κ1) is 12.3. The largest absolute Gasteiger partial charge is 0.467 e. The van der Waals surface area contributed by atoms with Crippen molar-refractivity contribution in [1.29, 1.82) is 0 Å². The molecule has 5 nitrogen and oxygen atoms in total. The SMILES string of the molecule is CCNc1ncc(F)c(N(C)Cc2ccco2)n1. The van der Waals surface area contributed by atoms with Crippen LogP contribution >= 0.6 is 0 Å². The van der Waals surface area contributed by atoms with Crippen molar-refractivity contribution in [3.05, 3.63) is 36.2 Å². The van der Waals surface area contributed by atoms with Crippen LogP contribution in [0.2, 0.25) is 0 Å². The highest BCUT2D eigenvalue weighted by molar-refractivity contribution is 5.43. The Balaban J connectivity index is 2.17. The lowest BCUT2D eigenvalue weighted by Gasteiger charge is -2.17. The summed E-state index contributed by atoms with van der Waals surface area (Å²) in [6.07, 6.45) is 2.75. The summed E-state index contributed by atoms with van der Waals surface area (Å²) in [5.41, 5.74) is 0. The van der Waals surface area contributed by atoms with Gasteiger partial charge < -0.3 is 14.6 Å². The van der Waals surface area contributed by atoms with E-state index in [2.05, 4.69) is 15.3 Å². The van der Waals surface area contributed by atoms with Crippen LogP contribution in [0.4, 0.5) is 16.2 Å². The zero-order valence-corrected chi connectivity index (χ0v) is 10.4. The molecule has 0 aliphatic rings. The number of nitrogens with one attached hydrogen (secondary N) is 1. The van der Waals surface area contributed by atoms with Gasteiger partial charge in [0.15, 0.2) is 11.6 Å². The van der Waals surface area contributed by atoms with Gasteiger partial charge in [-0.25, -0.2) is 9.37 Å². The van der Waals surface area contributed by atoms with E-state index in [-0.39, 0.29) is 5.82 Å². The minimum Gasteiger partial charge on any atom is -0.467 e. The Morgan fingerprint density at radius 2 is 2.33 bits per heavy atom. The standard InChI is InChI=1S/C12H15FN4O/c1-3-14-12-15-7-10(13)11(16-12)17(2)8-9-5-4-6-18-9/h4-7H,3,8H2,1-2H3,(H,14,15,16). The molecule has 0 aliphatic heterocycles. The molecule has 0 fully saturated rings. The summed E-state index contributed by atoms with van der Waals surface area (Å²) in [5.74, 6) is 0.962. The van der Waals surface area contributed by atoms with Crippen molar-refractivity contribution in [3.63, 3.8) is 0 Å². The first-order valence-electron chi connectivity index (χ1n) is 5.70. The van der Waals surface area contributed by atoms with Crippen molar-refractivity contribution in [2.75, 3.05) is 23.8 Å². The van der Waals surface area contributed by atoms with Crippen LogP contribution in [-0.2, 0) is 6.54 Å². The molecule has 2 heterocycles. The molecule has 0 atom stereocenters. The number of nitrogens with zero attached hydrogens (tertiary/aromatic N) is 3. The number of hydrogen-bond acceptors (Lipinski definition) is 5. The van der Waals surface area contributed by atoms with Gasteiger partial charge in [-0.1, -0.05) is 0 Å². The number of rotatable bonds is 5. The molecule has 0 amide bonds. The Kier molecular flexibility index (Phi) is 3.76. The Hall–Kier alpha value is -2.11. The van der Waals surface area contributed by atoms with Crippen molar-refractivity contribution in [2.45, 2.75) is 13.5 Å². The van der Waals surface area contributed by atoms with Crippen LogP contribution in [0, 0.1) is 5.82 Å². The fourth-order valence-electron chi connectivity index (χ4n) is 1.58. The van der Waals surface area contributed by atoms with Crippen LogP contribution < -0.4 is 10.2 Å². The van der Waals surface area contributed by atoms with E-state index in [1.54, 1.807) is 24.3 Å². The fourth-order valence-corrected chi connectivity index (χ4v) is 1.58. The van der Waals surface area contributed by atoms with Crippen LogP contribution in [0.25, 0.3) is 0 Å². The fraction of sp³-hybridized carbons (Fsp3) is 0.333. The van der Waals surface area contributed by atoms with Crippen LogP contribution in [0.1, 0.15) is 12.7 Å². The molecule has 2 aromatic heterocycles. The average Bonchev–Trinajstić information content (AvgIpc) is 2.84. The van der Waals surface area contributed by atoms with Crippen LogP contribution in [0.3, 0.4) is 0 Å². The summed E-state index contributed by atoms with van der Waals surface area (Å²) >= 11 is 0. The van der Waals surface area contributed by atoms with E-state index in [1.807, 2.05) is 13.0 Å². The average molecular weight is 250 g/mol. The highest BCUT2D eigenvalue weighted by atomic mass is 19.1. The molecular weight excluding hydrogens is 235 g/mol. The maximum absolute atomic E-state index is 13.7. The smallest absolute Gasteiger partial charge is 0.224 e. The van der Waals surface area contributed by atoms with Gasteiger partial charge in [0.2, 0.25) is 5.95 Å². The van der Waals surface area contributed by atoms with Crippen molar-refractivity contribution in [2.24, 2.45) is 0 Å². The van der Waals surface area contributed by atoms with E-state index in [0.717, 1.165) is 5.76 Å². The van der Waals surface area contributed by atoms with E-state index >= 15 is 0 Å². The molecule has 0 aliphatic carbocycles. The van der Waals surface area contributed by atoms with Gasteiger partial charge in [-0.15, -0.1) is 0 Å². The molecule has 0 spiro atoms. The number of aromatic nitrogens is 2. The molecule has 18 heavy (non-hydrogen) atoms. The highest BCUT2D eigenvalue weighted by Crippen LogP contribution is 2.18. The summed E-state index contributed by atoms with van der Waals surface area (Å²) in [7, 11) is 1.75. The molecular formula is C12H15FN4O.